The van der Waals surface area contributed by atoms with Crippen LogP contribution in [0, 0.1) is 0 Å². The maximum Gasteiger partial charge on any atom is 0.268 e. The zero-order valence-electron chi connectivity index (χ0n) is 6.87. The number of aromatic nitrogens is 1. The molecule has 0 bridgehead atoms. The fraction of sp³-hybridized carbons (Fsp3) is 0.222. The van der Waals surface area contributed by atoms with Crippen molar-refractivity contribution in [2.45, 2.75) is 6.92 Å². The lowest BCUT2D eigenvalue weighted by atomic mass is 10.3. The molecule has 2 rings (SSSR count). The van der Waals surface area contributed by atoms with Crippen molar-refractivity contribution < 1.29 is 4.79 Å². The Kier molecular flexibility index (Phi) is 1.50. The summed E-state index contributed by atoms with van der Waals surface area (Å²) in [6.07, 6.45) is 3.91. The van der Waals surface area contributed by atoms with Gasteiger partial charge in [-0.15, -0.1) is 0 Å². The van der Waals surface area contributed by atoms with Crippen LogP contribution in [0.5, 0.6) is 0 Å². The second-order valence-electron chi connectivity index (χ2n) is 2.73. The Labute approximate surface area is 70.7 Å². The molecule has 0 saturated heterocycles. The van der Waals surface area contributed by atoms with Gasteiger partial charge in [0.1, 0.15) is 5.69 Å². The Bertz CT molecular complexity index is 349. The standard InChI is InChI=1S/C9H10N2O/c1-2-7-6-10-9(12)8-4-3-5-11(7)8/h2-5H,6H2,1H3,(H,10,12)/b7-2+. The molecule has 0 fully saturated rings. The summed E-state index contributed by atoms with van der Waals surface area (Å²) in [6.45, 7) is 2.59. The van der Waals surface area contributed by atoms with Gasteiger partial charge in [0.2, 0.25) is 0 Å². The zero-order valence-corrected chi connectivity index (χ0v) is 6.87. The first-order valence-electron chi connectivity index (χ1n) is 3.94. The Hall–Kier alpha value is -1.51. The molecule has 3 heteroatoms. The largest absolute Gasteiger partial charge is 0.345 e. The molecule has 1 aromatic rings. The molecule has 1 amide bonds. The first kappa shape index (κ1) is 7.16. The molecule has 0 radical (unpaired) electrons. The molecule has 1 aliphatic heterocycles. The second-order valence-corrected chi connectivity index (χ2v) is 2.73. The maximum absolute atomic E-state index is 11.2. The van der Waals surface area contributed by atoms with E-state index in [0.717, 1.165) is 5.70 Å². The van der Waals surface area contributed by atoms with Crippen molar-refractivity contribution in [1.29, 1.82) is 0 Å². The van der Waals surface area contributed by atoms with Crippen molar-refractivity contribution in [2.75, 3.05) is 6.54 Å². The topological polar surface area (TPSA) is 34.0 Å². The molecule has 2 heterocycles. The highest BCUT2D eigenvalue weighted by Crippen LogP contribution is 2.14. The van der Waals surface area contributed by atoms with Gasteiger partial charge in [0.25, 0.3) is 5.91 Å². The van der Waals surface area contributed by atoms with E-state index in [1.54, 1.807) is 0 Å². The molecule has 0 saturated carbocycles. The van der Waals surface area contributed by atoms with Gasteiger partial charge in [-0.2, -0.15) is 0 Å². The first-order chi connectivity index (χ1) is 5.83. The van der Waals surface area contributed by atoms with Crippen molar-refractivity contribution in [1.82, 2.24) is 9.88 Å². The van der Waals surface area contributed by atoms with E-state index in [-0.39, 0.29) is 5.91 Å². The first-order valence-corrected chi connectivity index (χ1v) is 3.94. The molecule has 62 valence electrons. The van der Waals surface area contributed by atoms with Crippen molar-refractivity contribution >= 4 is 11.6 Å². The quantitative estimate of drug-likeness (QED) is 0.608. The molecule has 0 aliphatic carbocycles. The zero-order chi connectivity index (χ0) is 8.55. The summed E-state index contributed by atoms with van der Waals surface area (Å²) >= 11 is 0. The van der Waals surface area contributed by atoms with Gasteiger partial charge < -0.3 is 9.88 Å². The van der Waals surface area contributed by atoms with Crippen molar-refractivity contribution in [3.05, 3.63) is 30.1 Å². The highest BCUT2D eigenvalue weighted by Gasteiger charge is 2.17. The third kappa shape index (κ3) is 0.863. The third-order valence-corrected chi connectivity index (χ3v) is 2.05. The minimum atomic E-state index is 0.00519. The number of allylic oxidation sites excluding steroid dienone is 1. The monoisotopic (exact) mass is 162 g/mol. The van der Waals surface area contributed by atoms with E-state index in [2.05, 4.69) is 5.32 Å². The average molecular weight is 162 g/mol. The lowest BCUT2D eigenvalue weighted by Crippen LogP contribution is -2.33. The fourth-order valence-electron chi connectivity index (χ4n) is 1.40. The van der Waals surface area contributed by atoms with Crippen LogP contribution in [0.4, 0.5) is 0 Å². The van der Waals surface area contributed by atoms with Gasteiger partial charge in [0.05, 0.1) is 6.54 Å². The van der Waals surface area contributed by atoms with Gasteiger partial charge in [0, 0.05) is 11.9 Å². The van der Waals surface area contributed by atoms with Crippen LogP contribution in [0.1, 0.15) is 17.4 Å². The number of hydrogen-bond acceptors (Lipinski definition) is 1. The van der Waals surface area contributed by atoms with Gasteiger partial charge >= 0.3 is 0 Å². The van der Waals surface area contributed by atoms with Crippen LogP contribution in [0.2, 0.25) is 0 Å². The van der Waals surface area contributed by atoms with Crippen LogP contribution in [0.3, 0.4) is 0 Å². The van der Waals surface area contributed by atoms with Gasteiger partial charge in [-0.25, -0.2) is 0 Å². The Morgan fingerprint density at radius 2 is 2.50 bits per heavy atom. The predicted molar refractivity (Wildman–Crippen MR) is 46.7 cm³/mol. The van der Waals surface area contributed by atoms with Crippen molar-refractivity contribution in [3.63, 3.8) is 0 Å². The summed E-state index contributed by atoms with van der Waals surface area (Å²) in [4.78, 5) is 11.2. The van der Waals surface area contributed by atoms with Gasteiger partial charge in [-0.1, -0.05) is 6.08 Å². The molecule has 0 unspecified atom stereocenters. The van der Waals surface area contributed by atoms with E-state index in [1.165, 1.54) is 0 Å². The van der Waals surface area contributed by atoms with Crippen LogP contribution < -0.4 is 5.32 Å². The van der Waals surface area contributed by atoms with Crippen LogP contribution in [0.15, 0.2) is 24.4 Å². The summed E-state index contributed by atoms with van der Waals surface area (Å²) in [6, 6.07) is 3.70. The van der Waals surface area contributed by atoms with E-state index in [0.29, 0.717) is 12.2 Å². The van der Waals surface area contributed by atoms with E-state index in [9.17, 15) is 4.79 Å². The maximum atomic E-state index is 11.2. The summed E-state index contributed by atoms with van der Waals surface area (Å²) in [5, 5.41) is 2.80. The summed E-state index contributed by atoms with van der Waals surface area (Å²) in [7, 11) is 0. The predicted octanol–water partition coefficient (Wildman–Crippen LogP) is 1.09. The number of carbonyl (C=O) groups excluding carboxylic acids is 1. The van der Waals surface area contributed by atoms with Crippen LogP contribution in [-0.4, -0.2) is 17.0 Å². The van der Waals surface area contributed by atoms with E-state index < -0.39 is 0 Å². The highest BCUT2D eigenvalue weighted by atomic mass is 16.2. The molecule has 1 aromatic heterocycles. The number of nitrogens with one attached hydrogen (secondary N) is 1. The van der Waals surface area contributed by atoms with Crippen molar-refractivity contribution in [2.24, 2.45) is 0 Å². The van der Waals surface area contributed by atoms with Crippen LogP contribution in [-0.2, 0) is 0 Å². The molecular weight excluding hydrogens is 152 g/mol. The SMILES string of the molecule is C/C=C1\CNC(=O)c2cccn21. The molecule has 1 N–H and O–H groups in total. The lowest BCUT2D eigenvalue weighted by Gasteiger charge is -2.18. The van der Waals surface area contributed by atoms with Gasteiger partial charge in [0.15, 0.2) is 0 Å². The minimum absolute atomic E-state index is 0.00519. The van der Waals surface area contributed by atoms with Crippen LogP contribution in [0.25, 0.3) is 5.70 Å². The van der Waals surface area contributed by atoms with E-state index in [4.69, 9.17) is 0 Å². The number of amides is 1. The minimum Gasteiger partial charge on any atom is -0.345 e. The molecular formula is C9H10N2O. The highest BCUT2D eigenvalue weighted by molar-refractivity contribution is 5.96. The normalized spacial score (nSPS) is 19.1. The Balaban J connectivity index is 2.57. The number of nitrogens with zero attached hydrogens (tertiary/aromatic N) is 1. The molecule has 0 aromatic carbocycles. The van der Waals surface area contributed by atoms with Crippen molar-refractivity contribution in [3.8, 4) is 0 Å². The number of fused-ring (bicyclic) bond motifs is 1. The second kappa shape index (κ2) is 2.52. The van der Waals surface area contributed by atoms with E-state index in [1.807, 2.05) is 35.9 Å². The molecule has 12 heavy (non-hydrogen) atoms. The van der Waals surface area contributed by atoms with E-state index >= 15 is 0 Å². The summed E-state index contributed by atoms with van der Waals surface area (Å²) in [5.74, 6) is 0.00519. The summed E-state index contributed by atoms with van der Waals surface area (Å²) < 4.78 is 1.92. The smallest absolute Gasteiger partial charge is 0.268 e. The third-order valence-electron chi connectivity index (χ3n) is 2.05. The Morgan fingerprint density at radius 3 is 3.25 bits per heavy atom. The molecule has 3 nitrogen and oxygen atoms in total. The van der Waals surface area contributed by atoms with Gasteiger partial charge in [-0.3, -0.25) is 4.79 Å². The summed E-state index contributed by atoms with van der Waals surface area (Å²) in [5.41, 5.74) is 1.84. The molecule has 0 spiro atoms. The lowest BCUT2D eigenvalue weighted by molar-refractivity contribution is 0.0945. The van der Waals surface area contributed by atoms with Crippen LogP contribution >= 0.6 is 0 Å². The number of hydrogen-bond donors (Lipinski definition) is 1. The number of carbonyl (C=O) groups is 1. The average Bonchev–Trinajstić information content (AvgIpc) is 2.54. The fourth-order valence-corrected chi connectivity index (χ4v) is 1.40. The van der Waals surface area contributed by atoms with Gasteiger partial charge in [-0.05, 0) is 19.1 Å². The number of rotatable bonds is 0. The Morgan fingerprint density at radius 1 is 1.67 bits per heavy atom. The molecule has 1 aliphatic rings. The molecule has 0 atom stereocenters.